The first-order valence-electron chi connectivity index (χ1n) is 8.43. The molecule has 0 aliphatic heterocycles. The number of aromatic amines is 1. The summed E-state index contributed by atoms with van der Waals surface area (Å²) in [6, 6.07) is 13.5. The van der Waals surface area contributed by atoms with E-state index in [0.29, 0.717) is 22.9 Å². The number of nitrogens with one attached hydrogen (secondary N) is 2. The fourth-order valence-corrected chi connectivity index (χ4v) is 2.54. The lowest BCUT2D eigenvalue weighted by molar-refractivity contribution is 0.0950. The van der Waals surface area contributed by atoms with Gasteiger partial charge in [0.25, 0.3) is 5.91 Å². The van der Waals surface area contributed by atoms with E-state index in [4.69, 9.17) is 9.47 Å². The molecule has 2 aromatic carbocycles. The standard InChI is InChI=1S/C20H20N4O4/c1-12(13-4-7-15(25)8-5-13)21-24-20(26)17-11-16(22-23-17)14-6-9-18(27-2)19(10-14)28-3/h4-11,25H,1-3H3,(H,22,23)(H,24,26)/b21-12+. The van der Waals surface area contributed by atoms with E-state index in [2.05, 4.69) is 20.7 Å². The number of benzene rings is 2. The van der Waals surface area contributed by atoms with Crippen LogP contribution < -0.4 is 14.9 Å². The third kappa shape index (κ3) is 4.12. The van der Waals surface area contributed by atoms with Crippen molar-refractivity contribution in [1.29, 1.82) is 0 Å². The summed E-state index contributed by atoms with van der Waals surface area (Å²) in [7, 11) is 3.12. The fraction of sp³-hybridized carbons (Fsp3) is 0.150. The highest BCUT2D eigenvalue weighted by Gasteiger charge is 2.13. The zero-order valence-corrected chi connectivity index (χ0v) is 15.7. The molecule has 0 saturated heterocycles. The van der Waals surface area contributed by atoms with Crippen molar-refractivity contribution in [2.75, 3.05) is 14.2 Å². The molecule has 0 spiro atoms. The SMILES string of the molecule is COc1ccc(-c2cc(C(=O)N/N=C(\C)c3ccc(O)cc3)[nH]n2)cc1OC. The Morgan fingerprint density at radius 1 is 1.07 bits per heavy atom. The smallest absolute Gasteiger partial charge is 0.289 e. The fourth-order valence-electron chi connectivity index (χ4n) is 2.54. The molecule has 28 heavy (non-hydrogen) atoms. The van der Waals surface area contributed by atoms with Crippen LogP contribution in [0.4, 0.5) is 0 Å². The quantitative estimate of drug-likeness (QED) is 0.450. The van der Waals surface area contributed by atoms with Gasteiger partial charge in [-0.2, -0.15) is 10.2 Å². The number of carbonyl (C=O) groups is 1. The summed E-state index contributed by atoms with van der Waals surface area (Å²) in [6.07, 6.45) is 0. The van der Waals surface area contributed by atoms with Gasteiger partial charge in [0, 0.05) is 5.56 Å². The Morgan fingerprint density at radius 3 is 2.46 bits per heavy atom. The van der Waals surface area contributed by atoms with Crippen LogP contribution >= 0.6 is 0 Å². The number of amides is 1. The normalized spacial score (nSPS) is 11.2. The predicted octanol–water partition coefficient (Wildman–Crippen LogP) is 2.95. The second-order valence-corrected chi connectivity index (χ2v) is 5.92. The number of methoxy groups -OCH3 is 2. The number of hydrogen-bond acceptors (Lipinski definition) is 6. The molecule has 0 bridgehead atoms. The minimum atomic E-state index is -0.419. The van der Waals surface area contributed by atoms with E-state index in [1.165, 1.54) is 0 Å². The van der Waals surface area contributed by atoms with Gasteiger partial charge in [-0.1, -0.05) is 0 Å². The summed E-state index contributed by atoms with van der Waals surface area (Å²) in [5, 5.41) is 20.3. The summed E-state index contributed by atoms with van der Waals surface area (Å²) >= 11 is 0. The van der Waals surface area contributed by atoms with E-state index in [-0.39, 0.29) is 11.4 Å². The second-order valence-electron chi connectivity index (χ2n) is 5.92. The molecule has 0 radical (unpaired) electrons. The van der Waals surface area contributed by atoms with Gasteiger partial charge in [0.1, 0.15) is 11.4 Å². The van der Waals surface area contributed by atoms with Crippen molar-refractivity contribution in [3.05, 3.63) is 59.8 Å². The monoisotopic (exact) mass is 380 g/mol. The Morgan fingerprint density at radius 2 is 1.79 bits per heavy atom. The number of aromatic hydroxyl groups is 1. The minimum absolute atomic E-state index is 0.167. The van der Waals surface area contributed by atoms with Gasteiger partial charge in [-0.15, -0.1) is 0 Å². The van der Waals surface area contributed by atoms with E-state index in [0.717, 1.165) is 11.1 Å². The Bertz CT molecular complexity index is 1010. The van der Waals surface area contributed by atoms with Gasteiger partial charge in [-0.25, -0.2) is 5.43 Å². The molecular weight excluding hydrogens is 360 g/mol. The Balaban J connectivity index is 1.73. The van der Waals surface area contributed by atoms with E-state index in [9.17, 15) is 9.90 Å². The van der Waals surface area contributed by atoms with Crippen molar-refractivity contribution >= 4 is 11.6 Å². The van der Waals surface area contributed by atoms with Gasteiger partial charge >= 0.3 is 0 Å². The van der Waals surface area contributed by atoms with Crippen molar-refractivity contribution in [2.45, 2.75) is 6.92 Å². The maximum atomic E-state index is 12.3. The second kappa shape index (κ2) is 8.26. The summed E-state index contributed by atoms with van der Waals surface area (Å²) in [5.41, 5.74) is 5.51. The maximum absolute atomic E-state index is 12.3. The van der Waals surface area contributed by atoms with Gasteiger partial charge < -0.3 is 14.6 Å². The summed E-state index contributed by atoms with van der Waals surface area (Å²) in [6.45, 7) is 1.76. The molecule has 0 saturated carbocycles. The molecule has 8 nitrogen and oxygen atoms in total. The molecule has 8 heteroatoms. The van der Waals surface area contributed by atoms with Gasteiger partial charge in [-0.05, 0) is 61.0 Å². The Kier molecular flexibility index (Phi) is 5.59. The molecule has 1 amide bonds. The van der Waals surface area contributed by atoms with Crippen molar-refractivity contribution in [1.82, 2.24) is 15.6 Å². The first-order chi connectivity index (χ1) is 13.5. The number of hydrogen-bond donors (Lipinski definition) is 3. The summed E-state index contributed by atoms with van der Waals surface area (Å²) in [5.74, 6) is 0.931. The average Bonchev–Trinajstić information content (AvgIpc) is 3.22. The minimum Gasteiger partial charge on any atom is -0.508 e. The van der Waals surface area contributed by atoms with Crippen molar-refractivity contribution in [3.63, 3.8) is 0 Å². The highest BCUT2D eigenvalue weighted by Crippen LogP contribution is 2.31. The van der Waals surface area contributed by atoms with Crippen LogP contribution in [0, 0.1) is 0 Å². The molecule has 1 aromatic heterocycles. The number of hydrazone groups is 1. The number of aromatic nitrogens is 2. The van der Waals surface area contributed by atoms with Crippen LogP contribution in [0.5, 0.6) is 17.2 Å². The van der Waals surface area contributed by atoms with E-state index < -0.39 is 5.91 Å². The number of phenols is 1. The lowest BCUT2D eigenvalue weighted by Gasteiger charge is -2.08. The lowest BCUT2D eigenvalue weighted by atomic mass is 10.1. The predicted molar refractivity (Wildman–Crippen MR) is 105 cm³/mol. The summed E-state index contributed by atoms with van der Waals surface area (Å²) in [4.78, 5) is 12.3. The van der Waals surface area contributed by atoms with Crippen LogP contribution in [-0.2, 0) is 0 Å². The van der Waals surface area contributed by atoms with Crippen LogP contribution in [0.15, 0.2) is 53.6 Å². The lowest BCUT2D eigenvalue weighted by Crippen LogP contribution is -2.19. The number of carbonyl (C=O) groups excluding carboxylic acids is 1. The van der Waals surface area contributed by atoms with Crippen LogP contribution in [0.1, 0.15) is 23.0 Å². The number of H-pyrrole nitrogens is 1. The third-order valence-electron chi connectivity index (χ3n) is 4.11. The van der Waals surface area contributed by atoms with Crippen LogP contribution in [0.2, 0.25) is 0 Å². The number of phenolic OH excluding ortho intramolecular Hbond substituents is 1. The van der Waals surface area contributed by atoms with E-state index >= 15 is 0 Å². The molecule has 3 rings (SSSR count). The van der Waals surface area contributed by atoms with E-state index in [1.54, 1.807) is 63.6 Å². The summed E-state index contributed by atoms with van der Waals surface area (Å²) < 4.78 is 10.5. The molecule has 0 aliphatic carbocycles. The van der Waals surface area contributed by atoms with Crippen molar-refractivity contribution in [2.24, 2.45) is 5.10 Å². The Hall–Kier alpha value is -3.81. The average molecular weight is 380 g/mol. The zero-order chi connectivity index (χ0) is 20.1. The van der Waals surface area contributed by atoms with Gasteiger partial charge in [0.15, 0.2) is 11.5 Å². The molecule has 0 fully saturated rings. The molecule has 144 valence electrons. The van der Waals surface area contributed by atoms with Crippen molar-refractivity contribution < 1.29 is 19.4 Å². The van der Waals surface area contributed by atoms with Crippen LogP contribution in [0.3, 0.4) is 0 Å². The number of ether oxygens (including phenoxy) is 2. The highest BCUT2D eigenvalue weighted by molar-refractivity contribution is 6.00. The van der Waals surface area contributed by atoms with Gasteiger partial charge in [0.2, 0.25) is 0 Å². The number of rotatable bonds is 6. The first-order valence-corrected chi connectivity index (χ1v) is 8.43. The molecule has 1 heterocycles. The van der Waals surface area contributed by atoms with Crippen LogP contribution in [0.25, 0.3) is 11.3 Å². The van der Waals surface area contributed by atoms with Crippen molar-refractivity contribution in [3.8, 4) is 28.5 Å². The molecule has 0 aliphatic rings. The third-order valence-corrected chi connectivity index (χ3v) is 4.11. The molecular formula is C20H20N4O4. The molecule has 3 N–H and O–H groups in total. The molecule has 0 atom stereocenters. The zero-order valence-electron chi connectivity index (χ0n) is 15.7. The molecule has 3 aromatic rings. The maximum Gasteiger partial charge on any atom is 0.289 e. The first kappa shape index (κ1) is 19.0. The number of nitrogens with zero attached hydrogens (tertiary/aromatic N) is 2. The highest BCUT2D eigenvalue weighted by atomic mass is 16.5. The van der Waals surface area contributed by atoms with Crippen LogP contribution in [-0.4, -0.2) is 41.1 Å². The molecule has 0 unspecified atom stereocenters. The Labute approximate surface area is 161 Å². The van der Waals surface area contributed by atoms with Gasteiger partial charge in [0.05, 0.1) is 25.6 Å². The topological polar surface area (TPSA) is 109 Å². The van der Waals surface area contributed by atoms with Gasteiger partial charge in [-0.3, -0.25) is 9.89 Å². The largest absolute Gasteiger partial charge is 0.508 e. The van der Waals surface area contributed by atoms with E-state index in [1.807, 2.05) is 6.07 Å².